The number of carboxylic acids is 1. The zero-order valence-electron chi connectivity index (χ0n) is 17.7. The average Bonchev–Trinajstić information content (AvgIpc) is 2.84. The molecule has 1 aliphatic heterocycles. The van der Waals surface area contributed by atoms with Crippen molar-refractivity contribution in [1.29, 1.82) is 0 Å². The van der Waals surface area contributed by atoms with Crippen LogP contribution in [0.2, 0.25) is 0 Å². The summed E-state index contributed by atoms with van der Waals surface area (Å²) in [5.74, 6) is 0.204. The molecule has 0 aromatic heterocycles. The van der Waals surface area contributed by atoms with Gasteiger partial charge in [-0.3, -0.25) is 4.79 Å². The Hall–Kier alpha value is -2.63. The van der Waals surface area contributed by atoms with Crippen LogP contribution >= 0.6 is 0 Å². The van der Waals surface area contributed by atoms with E-state index in [1.165, 1.54) is 22.3 Å². The fourth-order valence-electron chi connectivity index (χ4n) is 2.96. The van der Waals surface area contributed by atoms with E-state index in [4.69, 9.17) is 15.6 Å². The average molecular weight is 398 g/mol. The second-order valence-electron chi connectivity index (χ2n) is 6.94. The lowest BCUT2D eigenvalue weighted by Crippen LogP contribution is -2.12. The van der Waals surface area contributed by atoms with Crippen molar-refractivity contribution in [3.05, 3.63) is 78.7 Å². The number of carbonyl (C=O) groups is 1. The molecule has 29 heavy (non-hydrogen) atoms. The highest BCUT2D eigenvalue weighted by Gasteiger charge is 2.17. The minimum Gasteiger partial charge on any atom is -0.488 e. The van der Waals surface area contributed by atoms with Crippen LogP contribution in [-0.2, 0) is 11.4 Å². The second kappa shape index (κ2) is 12.8. The summed E-state index contributed by atoms with van der Waals surface area (Å²) >= 11 is 0. The number of nitrogens with zero attached hydrogens (tertiary/aromatic N) is 1. The molecule has 0 aliphatic carbocycles. The highest BCUT2D eigenvalue weighted by molar-refractivity contribution is 5.84. The molecule has 0 fully saturated rings. The molecule has 0 spiro atoms. The van der Waals surface area contributed by atoms with E-state index in [9.17, 15) is 4.79 Å². The number of carboxylic acid groups (broad SMARTS) is 1. The number of ether oxygens (including phenoxy) is 1. The minimum absolute atomic E-state index is 0. The summed E-state index contributed by atoms with van der Waals surface area (Å²) < 4.78 is 5.98. The SMILES string of the molecule is CN(C)CC/C=C1\c2ccccc2COc2ccccc21.NCCCC(=O)O.[CH3-]. The Kier molecular flexibility index (Phi) is 10.7. The predicted molar refractivity (Wildman–Crippen MR) is 120 cm³/mol. The largest absolute Gasteiger partial charge is 0.488 e. The van der Waals surface area contributed by atoms with Crippen molar-refractivity contribution >= 4 is 11.5 Å². The van der Waals surface area contributed by atoms with E-state index in [0.717, 1.165) is 18.7 Å². The van der Waals surface area contributed by atoms with Crippen molar-refractivity contribution in [3.63, 3.8) is 0 Å². The van der Waals surface area contributed by atoms with Crippen LogP contribution in [0.25, 0.3) is 5.57 Å². The number of aliphatic carboxylic acids is 1. The van der Waals surface area contributed by atoms with Gasteiger partial charge in [0.15, 0.2) is 0 Å². The van der Waals surface area contributed by atoms with Gasteiger partial charge in [-0.05, 0) is 56.2 Å². The molecule has 158 valence electrons. The number of nitrogens with two attached hydrogens (primary N) is 1. The van der Waals surface area contributed by atoms with Gasteiger partial charge in [0.25, 0.3) is 0 Å². The Labute approximate surface area is 174 Å². The summed E-state index contributed by atoms with van der Waals surface area (Å²) in [6.45, 7) is 2.15. The van der Waals surface area contributed by atoms with E-state index in [1.807, 2.05) is 6.07 Å². The molecule has 1 aliphatic rings. The van der Waals surface area contributed by atoms with E-state index >= 15 is 0 Å². The Morgan fingerprint density at radius 3 is 2.41 bits per heavy atom. The van der Waals surface area contributed by atoms with Gasteiger partial charge in [-0.2, -0.15) is 0 Å². The summed E-state index contributed by atoms with van der Waals surface area (Å²) in [6.07, 6.45) is 4.14. The first-order valence-corrected chi connectivity index (χ1v) is 9.60. The fourth-order valence-corrected chi connectivity index (χ4v) is 2.96. The van der Waals surface area contributed by atoms with Crippen LogP contribution in [0.1, 0.15) is 36.0 Å². The quantitative estimate of drug-likeness (QED) is 0.714. The van der Waals surface area contributed by atoms with Crippen LogP contribution < -0.4 is 10.5 Å². The highest BCUT2D eigenvalue weighted by atomic mass is 16.5. The van der Waals surface area contributed by atoms with Gasteiger partial charge in [-0.25, -0.2) is 0 Å². The maximum absolute atomic E-state index is 9.70. The topological polar surface area (TPSA) is 75.8 Å². The van der Waals surface area contributed by atoms with Crippen LogP contribution in [0.5, 0.6) is 5.75 Å². The molecule has 3 rings (SSSR count). The third-order valence-electron chi connectivity index (χ3n) is 4.39. The molecule has 5 heteroatoms. The van der Waals surface area contributed by atoms with Gasteiger partial charge in [0, 0.05) is 18.5 Å². The first-order valence-electron chi connectivity index (χ1n) is 9.60. The van der Waals surface area contributed by atoms with Crippen molar-refractivity contribution < 1.29 is 14.6 Å². The lowest BCUT2D eigenvalue weighted by Gasteiger charge is -2.12. The standard InChI is InChI=1S/C19H21NO.C4H9NO2.CH3/c1-20(2)13-7-11-17-16-9-4-3-8-15(16)14-21-19-12-6-5-10-18(17)19;5-3-1-2-4(6)7;/h3-6,8-12H,7,13-14H2,1-2H3;1-3,5H2,(H,6,7);1H3/q;;-1/b17-11+;;. The Morgan fingerprint density at radius 1 is 1.14 bits per heavy atom. The molecular weight excluding hydrogens is 364 g/mol. The number of fused-ring (bicyclic) bond motifs is 2. The van der Waals surface area contributed by atoms with Crippen molar-refractivity contribution in [2.75, 3.05) is 27.2 Å². The van der Waals surface area contributed by atoms with Gasteiger partial charge in [-0.1, -0.05) is 48.5 Å². The van der Waals surface area contributed by atoms with E-state index in [-0.39, 0.29) is 13.8 Å². The van der Waals surface area contributed by atoms with Gasteiger partial charge in [0.1, 0.15) is 12.4 Å². The molecule has 0 saturated heterocycles. The van der Waals surface area contributed by atoms with Crippen molar-refractivity contribution in [3.8, 4) is 5.75 Å². The number of benzene rings is 2. The van der Waals surface area contributed by atoms with Crippen LogP contribution in [0, 0.1) is 7.43 Å². The molecule has 2 aromatic rings. The number of hydrogen-bond acceptors (Lipinski definition) is 4. The summed E-state index contributed by atoms with van der Waals surface area (Å²) in [5, 5.41) is 7.99. The van der Waals surface area contributed by atoms with Gasteiger partial charge in [0.2, 0.25) is 0 Å². The smallest absolute Gasteiger partial charge is 0.303 e. The lowest BCUT2D eigenvalue weighted by molar-refractivity contribution is -0.137. The summed E-state index contributed by atoms with van der Waals surface area (Å²) in [7, 11) is 4.22. The molecule has 0 atom stereocenters. The summed E-state index contributed by atoms with van der Waals surface area (Å²) in [4.78, 5) is 11.9. The molecule has 0 unspecified atom stereocenters. The second-order valence-corrected chi connectivity index (χ2v) is 6.94. The van der Waals surface area contributed by atoms with E-state index in [1.54, 1.807) is 0 Å². The minimum atomic E-state index is -0.773. The van der Waals surface area contributed by atoms with Crippen molar-refractivity contribution in [2.45, 2.75) is 25.9 Å². The molecule has 2 aromatic carbocycles. The van der Waals surface area contributed by atoms with Crippen LogP contribution in [0.3, 0.4) is 0 Å². The Morgan fingerprint density at radius 2 is 1.79 bits per heavy atom. The molecule has 0 radical (unpaired) electrons. The number of rotatable bonds is 6. The van der Waals surface area contributed by atoms with Gasteiger partial charge in [-0.15, -0.1) is 0 Å². The molecule has 5 nitrogen and oxygen atoms in total. The normalized spacial score (nSPS) is 13.2. The van der Waals surface area contributed by atoms with Gasteiger partial charge in [0.05, 0.1) is 0 Å². The van der Waals surface area contributed by atoms with Crippen molar-refractivity contribution in [2.24, 2.45) is 5.73 Å². The third kappa shape index (κ3) is 7.72. The van der Waals surface area contributed by atoms with Crippen LogP contribution in [0.15, 0.2) is 54.6 Å². The van der Waals surface area contributed by atoms with Gasteiger partial charge < -0.3 is 27.9 Å². The fraction of sp³-hybridized carbons (Fsp3) is 0.333. The molecule has 0 amide bonds. The molecule has 0 saturated carbocycles. The van der Waals surface area contributed by atoms with Crippen LogP contribution in [-0.4, -0.2) is 43.2 Å². The zero-order valence-corrected chi connectivity index (χ0v) is 17.7. The van der Waals surface area contributed by atoms with E-state index in [2.05, 4.69) is 67.5 Å². The highest BCUT2D eigenvalue weighted by Crippen LogP contribution is 2.36. The van der Waals surface area contributed by atoms with E-state index < -0.39 is 5.97 Å². The van der Waals surface area contributed by atoms with Crippen molar-refractivity contribution in [1.82, 2.24) is 4.90 Å². The maximum Gasteiger partial charge on any atom is 0.303 e. The third-order valence-corrected chi connectivity index (χ3v) is 4.39. The number of para-hydroxylation sites is 1. The molecular formula is C24H33N2O3-. The Bertz CT molecular complexity index is 751. The predicted octanol–water partition coefficient (Wildman–Crippen LogP) is 4.22. The number of hydrogen-bond donors (Lipinski definition) is 2. The molecule has 3 N–H and O–H groups in total. The lowest BCUT2D eigenvalue weighted by atomic mass is 9.93. The van der Waals surface area contributed by atoms with E-state index in [0.29, 0.717) is 19.6 Å². The van der Waals surface area contributed by atoms with Crippen LogP contribution in [0.4, 0.5) is 0 Å². The summed E-state index contributed by atoms with van der Waals surface area (Å²) in [6, 6.07) is 16.9. The maximum atomic E-state index is 9.70. The zero-order chi connectivity index (χ0) is 20.4. The van der Waals surface area contributed by atoms with Gasteiger partial charge >= 0.3 is 5.97 Å². The molecule has 0 bridgehead atoms. The molecule has 1 heterocycles. The Balaban J connectivity index is 0.000000456. The first kappa shape index (κ1) is 24.4. The first-order chi connectivity index (χ1) is 13.5. The summed E-state index contributed by atoms with van der Waals surface area (Å²) in [5.41, 5.74) is 10.0. The monoisotopic (exact) mass is 397 g/mol.